The summed E-state index contributed by atoms with van der Waals surface area (Å²) < 4.78 is 12.7. The van der Waals surface area contributed by atoms with Crippen molar-refractivity contribution < 1.29 is 23.6 Å². The molecule has 2 aromatic rings. The van der Waals surface area contributed by atoms with E-state index in [9.17, 15) is 18.8 Å². The van der Waals surface area contributed by atoms with Gasteiger partial charge in [-0.3, -0.25) is 9.59 Å². The molecular formula is C18H15FN2O4. The van der Waals surface area contributed by atoms with Crippen molar-refractivity contribution >= 4 is 23.9 Å². The van der Waals surface area contributed by atoms with E-state index in [-0.39, 0.29) is 16.9 Å². The summed E-state index contributed by atoms with van der Waals surface area (Å²) in [6.07, 6.45) is 3.15. The first-order chi connectivity index (χ1) is 12.1. The third-order valence-corrected chi connectivity index (χ3v) is 3.10. The Bertz CT molecular complexity index is 788. The van der Waals surface area contributed by atoms with Crippen molar-refractivity contribution in [2.24, 2.45) is 0 Å². The molecule has 0 aliphatic carbocycles. The number of hydrogen-bond acceptors (Lipinski definition) is 5. The molecule has 0 saturated heterocycles. The summed E-state index contributed by atoms with van der Waals surface area (Å²) in [6.45, 7) is 0.308. The Hall–Kier alpha value is -3.48. The largest absolute Gasteiger partial charge is 0.382 e. The van der Waals surface area contributed by atoms with E-state index in [0.717, 1.165) is 6.08 Å². The van der Waals surface area contributed by atoms with Crippen LogP contribution in [0.25, 0.3) is 0 Å². The molecule has 0 unspecified atom stereocenters. The predicted molar refractivity (Wildman–Crippen MR) is 89.4 cm³/mol. The lowest BCUT2D eigenvalue weighted by atomic mass is 10.1. The first-order valence-electron chi connectivity index (χ1n) is 7.31. The Labute approximate surface area is 143 Å². The molecule has 0 bridgehead atoms. The molecule has 128 valence electrons. The number of benzene rings is 2. The molecule has 2 aromatic carbocycles. The average molecular weight is 342 g/mol. The zero-order chi connectivity index (χ0) is 18.1. The van der Waals surface area contributed by atoms with Crippen LogP contribution in [0.2, 0.25) is 0 Å². The standard InChI is InChI=1S/C18H15FN2O4/c19-14-7-9-15(10-8-14)20-11-3-6-17(23)25-21-18(24)16-5-2-1-4-13(16)12-22/h1-10,12,20H,11H2,(H,21,24). The normalized spacial score (nSPS) is 10.3. The van der Waals surface area contributed by atoms with Crippen molar-refractivity contribution in [3.8, 4) is 0 Å². The molecule has 0 saturated carbocycles. The lowest BCUT2D eigenvalue weighted by Crippen LogP contribution is -2.27. The smallest absolute Gasteiger partial charge is 0.355 e. The average Bonchev–Trinajstić information content (AvgIpc) is 2.64. The first kappa shape index (κ1) is 17.9. The van der Waals surface area contributed by atoms with Crippen LogP contribution in [0.5, 0.6) is 0 Å². The van der Waals surface area contributed by atoms with Crippen molar-refractivity contribution in [1.29, 1.82) is 0 Å². The molecule has 0 aliphatic heterocycles. The molecule has 0 aromatic heterocycles. The quantitative estimate of drug-likeness (QED) is 0.479. The van der Waals surface area contributed by atoms with Gasteiger partial charge < -0.3 is 10.2 Å². The van der Waals surface area contributed by atoms with E-state index in [1.54, 1.807) is 24.3 Å². The summed E-state index contributed by atoms with van der Waals surface area (Å²) in [5.74, 6) is -1.82. The van der Waals surface area contributed by atoms with Gasteiger partial charge in [0.15, 0.2) is 6.29 Å². The van der Waals surface area contributed by atoms with E-state index >= 15 is 0 Å². The van der Waals surface area contributed by atoms with E-state index in [0.29, 0.717) is 18.5 Å². The van der Waals surface area contributed by atoms with Crippen LogP contribution in [0.3, 0.4) is 0 Å². The molecule has 0 spiro atoms. The highest BCUT2D eigenvalue weighted by Crippen LogP contribution is 2.07. The highest BCUT2D eigenvalue weighted by atomic mass is 19.1. The monoisotopic (exact) mass is 342 g/mol. The Morgan fingerprint density at radius 2 is 1.80 bits per heavy atom. The number of rotatable bonds is 6. The number of nitrogens with one attached hydrogen (secondary N) is 2. The molecule has 7 heteroatoms. The van der Waals surface area contributed by atoms with E-state index in [2.05, 4.69) is 10.2 Å². The number of anilines is 1. The highest BCUT2D eigenvalue weighted by molar-refractivity contribution is 6.01. The van der Waals surface area contributed by atoms with Gasteiger partial charge in [-0.25, -0.2) is 9.18 Å². The molecule has 1 amide bonds. The molecule has 25 heavy (non-hydrogen) atoms. The van der Waals surface area contributed by atoms with Crippen LogP contribution in [0.15, 0.2) is 60.7 Å². The van der Waals surface area contributed by atoms with Gasteiger partial charge in [0.2, 0.25) is 0 Å². The summed E-state index contributed by atoms with van der Waals surface area (Å²) in [5, 5.41) is 2.95. The van der Waals surface area contributed by atoms with Gasteiger partial charge in [-0.05, 0) is 30.3 Å². The topological polar surface area (TPSA) is 84.5 Å². The Morgan fingerprint density at radius 3 is 2.52 bits per heavy atom. The maximum Gasteiger partial charge on any atom is 0.355 e. The minimum atomic E-state index is -0.780. The fourth-order valence-electron chi connectivity index (χ4n) is 1.89. The minimum absolute atomic E-state index is 0.104. The second-order valence-electron chi connectivity index (χ2n) is 4.85. The van der Waals surface area contributed by atoms with Gasteiger partial charge in [-0.2, -0.15) is 5.48 Å². The van der Waals surface area contributed by atoms with Gasteiger partial charge in [0.25, 0.3) is 5.91 Å². The van der Waals surface area contributed by atoms with Crippen molar-refractivity contribution in [3.05, 3.63) is 77.6 Å². The summed E-state index contributed by atoms with van der Waals surface area (Å²) in [4.78, 5) is 38.8. The van der Waals surface area contributed by atoms with Crippen LogP contribution in [0, 0.1) is 5.82 Å². The molecule has 0 fully saturated rings. The molecule has 0 radical (unpaired) electrons. The maximum absolute atomic E-state index is 12.7. The van der Waals surface area contributed by atoms with Crippen molar-refractivity contribution in [2.75, 3.05) is 11.9 Å². The second-order valence-corrected chi connectivity index (χ2v) is 4.85. The number of carbonyl (C=O) groups excluding carboxylic acids is 3. The molecular weight excluding hydrogens is 327 g/mol. The fraction of sp³-hybridized carbons (Fsp3) is 0.0556. The Morgan fingerprint density at radius 1 is 1.08 bits per heavy atom. The molecule has 2 rings (SSSR count). The summed E-state index contributed by atoms with van der Waals surface area (Å²) in [6, 6.07) is 11.9. The van der Waals surface area contributed by atoms with Gasteiger partial charge in [0.05, 0.1) is 5.56 Å². The van der Waals surface area contributed by atoms with Crippen LogP contribution in [-0.4, -0.2) is 24.7 Å². The second kappa shape index (κ2) is 8.97. The first-order valence-corrected chi connectivity index (χ1v) is 7.31. The summed E-state index contributed by atoms with van der Waals surface area (Å²) >= 11 is 0. The molecule has 0 atom stereocenters. The van der Waals surface area contributed by atoms with E-state index in [4.69, 9.17) is 0 Å². The van der Waals surface area contributed by atoms with Crippen molar-refractivity contribution in [3.63, 3.8) is 0 Å². The van der Waals surface area contributed by atoms with Crippen LogP contribution in [0.4, 0.5) is 10.1 Å². The number of aldehydes is 1. The Kier molecular flexibility index (Phi) is 6.41. The highest BCUT2D eigenvalue weighted by Gasteiger charge is 2.11. The van der Waals surface area contributed by atoms with Crippen LogP contribution < -0.4 is 10.8 Å². The summed E-state index contributed by atoms with van der Waals surface area (Å²) in [7, 11) is 0. The molecule has 0 heterocycles. The SMILES string of the molecule is O=Cc1ccccc1C(=O)NOC(=O)C=CCNc1ccc(F)cc1. The fourth-order valence-corrected chi connectivity index (χ4v) is 1.89. The number of hydrogen-bond donors (Lipinski definition) is 2. The lowest BCUT2D eigenvalue weighted by Gasteiger charge is -2.05. The third kappa shape index (κ3) is 5.58. The minimum Gasteiger partial charge on any atom is -0.382 e. The number of hydroxylamine groups is 1. The lowest BCUT2D eigenvalue weighted by molar-refractivity contribution is -0.142. The third-order valence-electron chi connectivity index (χ3n) is 3.10. The van der Waals surface area contributed by atoms with Crippen molar-refractivity contribution in [2.45, 2.75) is 0 Å². The number of carbonyl (C=O) groups is 3. The van der Waals surface area contributed by atoms with Gasteiger partial charge in [-0.15, -0.1) is 0 Å². The van der Waals surface area contributed by atoms with Crippen LogP contribution in [-0.2, 0) is 9.63 Å². The maximum atomic E-state index is 12.7. The van der Waals surface area contributed by atoms with Gasteiger partial charge in [-0.1, -0.05) is 24.3 Å². The predicted octanol–water partition coefficient (Wildman–Crippen LogP) is 2.49. The van der Waals surface area contributed by atoms with Gasteiger partial charge in [0.1, 0.15) is 5.82 Å². The van der Waals surface area contributed by atoms with E-state index in [1.807, 2.05) is 5.48 Å². The van der Waals surface area contributed by atoms with E-state index < -0.39 is 11.9 Å². The Balaban J connectivity index is 1.77. The molecule has 0 aliphatic rings. The van der Waals surface area contributed by atoms with E-state index in [1.165, 1.54) is 30.3 Å². The molecule has 2 N–H and O–H groups in total. The van der Waals surface area contributed by atoms with Crippen LogP contribution in [0.1, 0.15) is 20.7 Å². The zero-order valence-electron chi connectivity index (χ0n) is 13.1. The molecule has 6 nitrogen and oxygen atoms in total. The van der Waals surface area contributed by atoms with Gasteiger partial charge in [0, 0.05) is 23.9 Å². The van der Waals surface area contributed by atoms with Gasteiger partial charge >= 0.3 is 5.97 Å². The van der Waals surface area contributed by atoms with Crippen LogP contribution >= 0.6 is 0 Å². The number of halogens is 1. The zero-order valence-corrected chi connectivity index (χ0v) is 13.1. The van der Waals surface area contributed by atoms with Crippen molar-refractivity contribution in [1.82, 2.24) is 5.48 Å². The summed E-state index contributed by atoms with van der Waals surface area (Å²) in [5.41, 5.74) is 2.96. The number of amides is 1.